The Kier molecular flexibility index (Phi) is 5.74. The number of carbonyl (C=O) groups excluding carboxylic acids is 1. The van der Waals surface area contributed by atoms with E-state index in [0.717, 1.165) is 0 Å². The van der Waals surface area contributed by atoms with E-state index in [2.05, 4.69) is 4.98 Å². The van der Waals surface area contributed by atoms with Crippen molar-refractivity contribution in [3.05, 3.63) is 70.3 Å². The second-order valence-electron chi connectivity index (χ2n) is 8.59. The maximum Gasteiger partial charge on any atom is 0.449 e. The fraction of sp³-hybridized carbons (Fsp3) is 0.320. The van der Waals surface area contributed by atoms with E-state index in [4.69, 9.17) is 9.15 Å². The maximum atomic E-state index is 13.6. The Hall–Kier alpha value is -3.82. The first-order valence-electron chi connectivity index (χ1n) is 11.2. The molecule has 7 nitrogen and oxygen atoms in total. The molecule has 1 saturated heterocycles. The van der Waals surface area contributed by atoms with Crippen molar-refractivity contribution in [2.24, 2.45) is 5.92 Å². The summed E-state index contributed by atoms with van der Waals surface area (Å²) in [6.07, 6.45) is -3.56. The van der Waals surface area contributed by atoms with Gasteiger partial charge in [-0.2, -0.15) is 13.2 Å². The van der Waals surface area contributed by atoms with Gasteiger partial charge in [-0.3, -0.25) is 4.79 Å². The number of alkyl halides is 3. The SMILES string of the molecule is COc1cccc2cc(C(=O)N3CCC(Cn4c(C(F)(F)F)nc5ccccc54)CC3)c(=O)oc12. The van der Waals surface area contributed by atoms with E-state index in [1.807, 2.05) is 0 Å². The predicted octanol–water partition coefficient (Wildman–Crippen LogP) is 4.72. The summed E-state index contributed by atoms with van der Waals surface area (Å²) in [6.45, 7) is 0.801. The number of methoxy groups -OCH3 is 1. The van der Waals surface area contributed by atoms with Crippen LogP contribution in [0.2, 0.25) is 0 Å². The average Bonchev–Trinajstić information content (AvgIpc) is 3.22. The van der Waals surface area contributed by atoms with Crippen LogP contribution >= 0.6 is 0 Å². The summed E-state index contributed by atoms with van der Waals surface area (Å²) in [5.41, 5.74) is 0.163. The molecule has 4 aromatic rings. The number of ether oxygens (including phenoxy) is 1. The highest BCUT2D eigenvalue weighted by Gasteiger charge is 2.38. The first-order chi connectivity index (χ1) is 16.8. The molecule has 0 spiro atoms. The molecule has 182 valence electrons. The van der Waals surface area contributed by atoms with Gasteiger partial charge in [-0.1, -0.05) is 24.3 Å². The van der Waals surface area contributed by atoms with Crippen LogP contribution < -0.4 is 10.4 Å². The molecule has 1 fully saturated rings. The number of benzene rings is 2. The standard InChI is InChI=1S/C25H22F3N3O4/c1-34-20-8-4-5-16-13-17(23(33)35-21(16)20)22(32)30-11-9-15(10-12-30)14-31-19-7-3-2-6-18(19)29-24(31)25(26,27)28/h2-8,13,15H,9-12,14H2,1H3. The van der Waals surface area contributed by atoms with Crippen molar-refractivity contribution < 1.29 is 27.1 Å². The quantitative estimate of drug-likeness (QED) is 0.391. The van der Waals surface area contributed by atoms with Crippen LogP contribution in [0.1, 0.15) is 29.0 Å². The lowest BCUT2D eigenvalue weighted by atomic mass is 9.96. The van der Waals surface area contributed by atoms with Gasteiger partial charge in [0.05, 0.1) is 18.1 Å². The molecule has 1 amide bonds. The third-order valence-electron chi connectivity index (χ3n) is 6.42. The van der Waals surface area contributed by atoms with E-state index in [1.165, 1.54) is 17.7 Å². The first-order valence-corrected chi connectivity index (χ1v) is 11.2. The zero-order valence-electron chi connectivity index (χ0n) is 18.8. The van der Waals surface area contributed by atoms with Gasteiger partial charge >= 0.3 is 11.8 Å². The van der Waals surface area contributed by atoms with Crippen molar-refractivity contribution in [2.75, 3.05) is 20.2 Å². The van der Waals surface area contributed by atoms with E-state index in [0.29, 0.717) is 48.1 Å². The number of carbonyl (C=O) groups is 1. The summed E-state index contributed by atoms with van der Waals surface area (Å²) >= 11 is 0. The molecule has 0 unspecified atom stereocenters. The number of nitrogens with zero attached hydrogens (tertiary/aromatic N) is 3. The largest absolute Gasteiger partial charge is 0.493 e. The van der Waals surface area contributed by atoms with Crippen LogP contribution in [0.4, 0.5) is 13.2 Å². The van der Waals surface area contributed by atoms with Crippen molar-refractivity contribution in [3.8, 4) is 5.75 Å². The summed E-state index contributed by atoms with van der Waals surface area (Å²) in [5, 5.41) is 0.564. The number of imidazole rings is 1. The highest BCUT2D eigenvalue weighted by atomic mass is 19.4. The molecule has 3 heterocycles. The van der Waals surface area contributed by atoms with Gasteiger partial charge in [-0.25, -0.2) is 9.78 Å². The molecule has 1 aliphatic heterocycles. The van der Waals surface area contributed by atoms with E-state index >= 15 is 0 Å². The Morgan fingerprint density at radius 1 is 1.14 bits per heavy atom. The zero-order valence-corrected chi connectivity index (χ0v) is 18.8. The molecule has 0 aliphatic carbocycles. The van der Waals surface area contributed by atoms with Crippen LogP contribution in [0.5, 0.6) is 5.75 Å². The minimum Gasteiger partial charge on any atom is -0.493 e. The van der Waals surface area contributed by atoms with E-state index in [1.54, 1.807) is 47.4 Å². The summed E-state index contributed by atoms with van der Waals surface area (Å²) in [4.78, 5) is 30.9. The summed E-state index contributed by atoms with van der Waals surface area (Å²) in [5.74, 6) is -1.05. The van der Waals surface area contributed by atoms with Crippen LogP contribution in [-0.4, -0.2) is 40.6 Å². The van der Waals surface area contributed by atoms with Crippen molar-refractivity contribution >= 4 is 27.9 Å². The van der Waals surface area contributed by atoms with Gasteiger partial charge in [0.2, 0.25) is 5.82 Å². The molecule has 10 heteroatoms. The molecule has 0 atom stereocenters. The van der Waals surface area contributed by atoms with Crippen LogP contribution in [0, 0.1) is 5.92 Å². The molecular weight excluding hydrogens is 463 g/mol. The molecule has 5 rings (SSSR count). The number of piperidine rings is 1. The number of hydrogen-bond donors (Lipinski definition) is 0. The Balaban J connectivity index is 1.33. The Morgan fingerprint density at radius 2 is 1.89 bits per heavy atom. The molecular formula is C25H22F3N3O4. The predicted molar refractivity (Wildman–Crippen MR) is 122 cm³/mol. The summed E-state index contributed by atoms with van der Waals surface area (Å²) in [6, 6.07) is 13.1. The van der Waals surface area contributed by atoms with Crippen LogP contribution in [-0.2, 0) is 12.7 Å². The van der Waals surface area contributed by atoms with Crippen molar-refractivity contribution in [2.45, 2.75) is 25.6 Å². The highest BCUT2D eigenvalue weighted by molar-refractivity contribution is 5.97. The lowest BCUT2D eigenvalue weighted by Gasteiger charge is -2.32. The molecule has 0 bridgehead atoms. The van der Waals surface area contributed by atoms with Gasteiger partial charge < -0.3 is 18.6 Å². The van der Waals surface area contributed by atoms with Crippen molar-refractivity contribution in [3.63, 3.8) is 0 Å². The van der Waals surface area contributed by atoms with Crippen molar-refractivity contribution in [1.29, 1.82) is 0 Å². The summed E-state index contributed by atoms with van der Waals surface area (Å²) < 4.78 is 52.6. The third kappa shape index (κ3) is 4.24. The van der Waals surface area contributed by atoms with Gasteiger partial charge in [0.25, 0.3) is 5.91 Å². The smallest absolute Gasteiger partial charge is 0.449 e. The molecule has 0 saturated carbocycles. The van der Waals surface area contributed by atoms with E-state index in [9.17, 15) is 22.8 Å². The molecule has 1 aliphatic rings. The number of fused-ring (bicyclic) bond motifs is 2. The van der Waals surface area contributed by atoms with Crippen LogP contribution in [0.15, 0.2) is 57.7 Å². The number of aromatic nitrogens is 2. The lowest BCUT2D eigenvalue weighted by Crippen LogP contribution is -2.41. The number of para-hydroxylation sites is 3. The fourth-order valence-electron chi connectivity index (χ4n) is 4.65. The highest BCUT2D eigenvalue weighted by Crippen LogP contribution is 2.33. The van der Waals surface area contributed by atoms with Gasteiger partial charge in [-0.15, -0.1) is 0 Å². The number of halogens is 3. The second-order valence-corrected chi connectivity index (χ2v) is 8.59. The number of amides is 1. The molecule has 2 aromatic heterocycles. The first kappa shape index (κ1) is 22.9. The Morgan fingerprint density at radius 3 is 2.60 bits per heavy atom. The molecule has 0 radical (unpaired) electrons. The Labute approximate surface area is 197 Å². The lowest BCUT2D eigenvalue weighted by molar-refractivity contribution is -0.147. The topological polar surface area (TPSA) is 77.6 Å². The van der Waals surface area contributed by atoms with Gasteiger partial charge in [0, 0.05) is 25.0 Å². The normalized spacial score (nSPS) is 15.1. The third-order valence-corrected chi connectivity index (χ3v) is 6.42. The zero-order chi connectivity index (χ0) is 24.7. The van der Waals surface area contributed by atoms with Gasteiger partial charge in [0.1, 0.15) is 5.56 Å². The monoisotopic (exact) mass is 485 g/mol. The second kappa shape index (κ2) is 8.75. The summed E-state index contributed by atoms with van der Waals surface area (Å²) in [7, 11) is 1.46. The van der Waals surface area contributed by atoms with Crippen LogP contribution in [0.3, 0.4) is 0 Å². The average molecular weight is 485 g/mol. The van der Waals surface area contributed by atoms with Gasteiger partial charge in [0.15, 0.2) is 11.3 Å². The molecule has 0 N–H and O–H groups in total. The fourth-order valence-corrected chi connectivity index (χ4v) is 4.65. The van der Waals surface area contributed by atoms with E-state index < -0.39 is 23.5 Å². The van der Waals surface area contributed by atoms with Crippen LogP contribution in [0.25, 0.3) is 22.0 Å². The molecule has 35 heavy (non-hydrogen) atoms. The van der Waals surface area contributed by atoms with Gasteiger partial charge in [-0.05, 0) is 43.0 Å². The van der Waals surface area contributed by atoms with Crippen molar-refractivity contribution in [1.82, 2.24) is 14.5 Å². The number of likely N-dealkylation sites (tertiary alicyclic amines) is 1. The molecule has 2 aromatic carbocycles. The number of rotatable bonds is 4. The maximum absolute atomic E-state index is 13.6. The van der Waals surface area contributed by atoms with E-state index in [-0.39, 0.29) is 23.6 Å². The minimum atomic E-state index is -4.57. The minimum absolute atomic E-state index is 0.0740. The number of hydrogen-bond acceptors (Lipinski definition) is 5. The Bertz CT molecular complexity index is 1470.